The Hall–Kier alpha value is -1.61. The van der Waals surface area contributed by atoms with Crippen molar-refractivity contribution in [3.05, 3.63) is 52.3 Å². The van der Waals surface area contributed by atoms with Gasteiger partial charge in [0.1, 0.15) is 5.69 Å². The summed E-state index contributed by atoms with van der Waals surface area (Å²) in [6, 6.07) is 7.87. The van der Waals surface area contributed by atoms with E-state index in [-0.39, 0.29) is 5.78 Å². The standard InChI is InChI=1S/C14H15ClN2O/c1-3-17-14(12(15)9-16-17)13(18)8-11-7-5-4-6-10(11)2/h4-7,9H,3,8H2,1-2H3. The highest BCUT2D eigenvalue weighted by atomic mass is 35.5. The fourth-order valence-electron chi connectivity index (χ4n) is 1.94. The van der Waals surface area contributed by atoms with Gasteiger partial charge < -0.3 is 0 Å². The van der Waals surface area contributed by atoms with Gasteiger partial charge in [-0.3, -0.25) is 9.48 Å². The first-order valence-corrected chi connectivity index (χ1v) is 6.30. The predicted octanol–water partition coefficient (Wildman–Crippen LogP) is 3.29. The Balaban J connectivity index is 2.28. The van der Waals surface area contributed by atoms with Crippen LogP contribution in [-0.4, -0.2) is 15.6 Å². The summed E-state index contributed by atoms with van der Waals surface area (Å²) >= 11 is 6.02. The average Bonchev–Trinajstić information content (AvgIpc) is 2.73. The van der Waals surface area contributed by atoms with Crippen molar-refractivity contribution in [3.63, 3.8) is 0 Å². The molecule has 0 bridgehead atoms. The molecule has 0 aliphatic heterocycles. The van der Waals surface area contributed by atoms with Crippen LogP contribution in [0.15, 0.2) is 30.5 Å². The van der Waals surface area contributed by atoms with Crippen molar-refractivity contribution in [2.24, 2.45) is 0 Å². The fourth-order valence-corrected chi connectivity index (χ4v) is 2.19. The van der Waals surface area contributed by atoms with Gasteiger partial charge >= 0.3 is 0 Å². The molecule has 0 amide bonds. The van der Waals surface area contributed by atoms with Crippen LogP contribution in [0.4, 0.5) is 0 Å². The molecule has 0 unspecified atom stereocenters. The molecular weight excluding hydrogens is 248 g/mol. The maximum atomic E-state index is 12.3. The zero-order chi connectivity index (χ0) is 13.1. The van der Waals surface area contributed by atoms with Gasteiger partial charge in [0.2, 0.25) is 0 Å². The van der Waals surface area contributed by atoms with Gasteiger partial charge in [-0.25, -0.2) is 0 Å². The lowest BCUT2D eigenvalue weighted by molar-refractivity contribution is 0.0982. The normalized spacial score (nSPS) is 10.6. The van der Waals surface area contributed by atoms with E-state index in [9.17, 15) is 4.79 Å². The van der Waals surface area contributed by atoms with Gasteiger partial charge in [0.15, 0.2) is 5.78 Å². The number of benzene rings is 1. The number of aryl methyl sites for hydroxylation is 2. The summed E-state index contributed by atoms with van der Waals surface area (Å²) in [5, 5.41) is 4.51. The van der Waals surface area contributed by atoms with Crippen LogP contribution < -0.4 is 0 Å². The SMILES string of the molecule is CCn1ncc(Cl)c1C(=O)Cc1ccccc1C. The first-order chi connectivity index (χ1) is 8.63. The molecule has 3 nitrogen and oxygen atoms in total. The van der Waals surface area contributed by atoms with E-state index in [2.05, 4.69) is 5.10 Å². The maximum absolute atomic E-state index is 12.3. The first-order valence-electron chi connectivity index (χ1n) is 5.92. The van der Waals surface area contributed by atoms with Gasteiger partial charge in [-0.1, -0.05) is 35.9 Å². The number of carbonyl (C=O) groups is 1. The van der Waals surface area contributed by atoms with Crippen LogP contribution in [-0.2, 0) is 13.0 Å². The third kappa shape index (κ3) is 2.46. The number of rotatable bonds is 4. The lowest BCUT2D eigenvalue weighted by Gasteiger charge is -2.07. The molecule has 0 atom stereocenters. The molecule has 0 spiro atoms. The third-order valence-electron chi connectivity index (χ3n) is 2.97. The van der Waals surface area contributed by atoms with E-state index in [1.807, 2.05) is 38.1 Å². The van der Waals surface area contributed by atoms with Crippen LogP contribution in [0.5, 0.6) is 0 Å². The van der Waals surface area contributed by atoms with Crippen LogP contribution in [0.25, 0.3) is 0 Å². The number of hydrogen-bond donors (Lipinski definition) is 0. The molecular formula is C14H15ClN2O. The molecule has 2 aromatic rings. The minimum absolute atomic E-state index is 0.00801. The predicted molar refractivity (Wildman–Crippen MR) is 72.1 cm³/mol. The summed E-state index contributed by atoms with van der Waals surface area (Å²) in [5.74, 6) is 0.00801. The number of halogens is 1. The van der Waals surface area contributed by atoms with Crippen molar-refractivity contribution in [3.8, 4) is 0 Å². The van der Waals surface area contributed by atoms with Gasteiger partial charge in [0.25, 0.3) is 0 Å². The number of ketones is 1. The summed E-state index contributed by atoms with van der Waals surface area (Å²) in [7, 11) is 0. The van der Waals surface area contributed by atoms with Crippen LogP contribution in [0.1, 0.15) is 28.5 Å². The van der Waals surface area contributed by atoms with E-state index in [1.54, 1.807) is 4.68 Å². The second-order valence-electron chi connectivity index (χ2n) is 4.18. The smallest absolute Gasteiger partial charge is 0.186 e. The van der Waals surface area contributed by atoms with Crippen molar-refractivity contribution >= 4 is 17.4 Å². The molecule has 1 aromatic carbocycles. The number of aromatic nitrogens is 2. The molecule has 1 aromatic heterocycles. The molecule has 0 aliphatic rings. The van der Waals surface area contributed by atoms with Crippen LogP contribution >= 0.6 is 11.6 Å². The first kappa shape index (κ1) is 12.8. The molecule has 0 radical (unpaired) electrons. The second-order valence-corrected chi connectivity index (χ2v) is 4.59. The van der Waals surface area contributed by atoms with Gasteiger partial charge in [-0.05, 0) is 25.0 Å². The average molecular weight is 263 g/mol. The van der Waals surface area contributed by atoms with Crippen molar-refractivity contribution in [2.45, 2.75) is 26.8 Å². The molecule has 4 heteroatoms. The van der Waals surface area contributed by atoms with Gasteiger partial charge in [0, 0.05) is 13.0 Å². The number of carbonyl (C=O) groups excluding carboxylic acids is 1. The van der Waals surface area contributed by atoms with Crippen LogP contribution in [0.2, 0.25) is 5.02 Å². The highest BCUT2D eigenvalue weighted by Crippen LogP contribution is 2.18. The zero-order valence-electron chi connectivity index (χ0n) is 10.5. The molecule has 18 heavy (non-hydrogen) atoms. The van der Waals surface area contributed by atoms with Gasteiger partial charge in [-0.15, -0.1) is 0 Å². The Bertz CT molecular complexity index is 575. The Morgan fingerprint density at radius 1 is 1.39 bits per heavy atom. The Kier molecular flexibility index (Phi) is 3.82. The van der Waals surface area contributed by atoms with Crippen molar-refractivity contribution in [2.75, 3.05) is 0 Å². The molecule has 0 aliphatic carbocycles. The summed E-state index contributed by atoms with van der Waals surface area (Å²) in [6.07, 6.45) is 1.88. The Morgan fingerprint density at radius 2 is 2.11 bits per heavy atom. The van der Waals surface area contributed by atoms with Crippen LogP contribution in [0.3, 0.4) is 0 Å². The van der Waals surface area contributed by atoms with Crippen LogP contribution in [0, 0.1) is 6.92 Å². The number of hydrogen-bond acceptors (Lipinski definition) is 2. The minimum atomic E-state index is 0.00801. The largest absolute Gasteiger partial charge is 0.292 e. The van der Waals surface area contributed by atoms with E-state index in [0.29, 0.717) is 23.7 Å². The topological polar surface area (TPSA) is 34.9 Å². The molecule has 1 heterocycles. The van der Waals surface area contributed by atoms with E-state index in [1.165, 1.54) is 6.20 Å². The summed E-state index contributed by atoms with van der Waals surface area (Å²) < 4.78 is 1.64. The van der Waals surface area contributed by atoms with Crippen molar-refractivity contribution in [1.82, 2.24) is 9.78 Å². The zero-order valence-corrected chi connectivity index (χ0v) is 11.2. The van der Waals surface area contributed by atoms with Gasteiger partial charge in [0.05, 0.1) is 11.2 Å². The number of nitrogens with zero attached hydrogens (tertiary/aromatic N) is 2. The third-order valence-corrected chi connectivity index (χ3v) is 3.25. The monoisotopic (exact) mass is 262 g/mol. The van der Waals surface area contributed by atoms with E-state index >= 15 is 0 Å². The second kappa shape index (κ2) is 5.36. The highest BCUT2D eigenvalue weighted by Gasteiger charge is 2.17. The minimum Gasteiger partial charge on any atom is -0.292 e. The molecule has 0 saturated heterocycles. The lowest BCUT2D eigenvalue weighted by atomic mass is 10.0. The van der Waals surface area contributed by atoms with Gasteiger partial charge in [-0.2, -0.15) is 5.10 Å². The quantitative estimate of drug-likeness (QED) is 0.793. The Labute approximate surface area is 111 Å². The summed E-state index contributed by atoms with van der Waals surface area (Å²) in [6.45, 7) is 4.58. The fraction of sp³-hybridized carbons (Fsp3) is 0.286. The number of Topliss-reactive ketones (excluding diaryl/α,β-unsaturated/α-hetero) is 1. The van der Waals surface area contributed by atoms with E-state index in [4.69, 9.17) is 11.6 Å². The van der Waals surface area contributed by atoms with Crippen molar-refractivity contribution < 1.29 is 4.79 Å². The van der Waals surface area contributed by atoms with E-state index < -0.39 is 0 Å². The summed E-state index contributed by atoms with van der Waals surface area (Å²) in [5.41, 5.74) is 2.65. The van der Waals surface area contributed by atoms with Crippen molar-refractivity contribution in [1.29, 1.82) is 0 Å². The Morgan fingerprint density at radius 3 is 2.78 bits per heavy atom. The molecule has 0 N–H and O–H groups in total. The molecule has 94 valence electrons. The van der Waals surface area contributed by atoms with E-state index in [0.717, 1.165) is 11.1 Å². The molecule has 2 rings (SSSR count). The molecule has 0 fully saturated rings. The highest BCUT2D eigenvalue weighted by molar-refractivity contribution is 6.33. The summed E-state index contributed by atoms with van der Waals surface area (Å²) in [4.78, 5) is 12.3. The lowest BCUT2D eigenvalue weighted by Crippen LogP contribution is -2.12. The molecule has 0 saturated carbocycles. The maximum Gasteiger partial charge on any atom is 0.186 e.